The van der Waals surface area contributed by atoms with Crippen LogP contribution >= 0.6 is 0 Å². The summed E-state index contributed by atoms with van der Waals surface area (Å²) in [4.78, 5) is 14.1. The van der Waals surface area contributed by atoms with Crippen LogP contribution in [0.5, 0.6) is 0 Å². The van der Waals surface area contributed by atoms with Crippen molar-refractivity contribution in [3.8, 4) is 39.5 Å². The van der Waals surface area contributed by atoms with Crippen molar-refractivity contribution in [2.24, 2.45) is 0 Å². The molecule has 0 unspecified atom stereocenters. The van der Waals surface area contributed by atoms with Crippen LogP contribution in [0.4, 0.5) is 0 Å². The van der Waals surface area contributed by atoms with E-state index in [0.717, 1.165) is 66.8 Å². The predicted octanol–water partition coefficient (Wildman–Crippen LogP) is 10.9. The predicted molar refractivity (Wildman–Crippen MR) is 214 cm³/mol. The fourth-order valence-corrected chi connectivity index (χ4v) is 6.28. The number of fused-ring (bicyclic) bond motifs is 4. The van der Waals surface area contributed by atoms with Gasteiger partial charge in [0, 0.05) is 73.1 Å². The maximum atomic E-state index is 4.95. The third kappa shape index (κ3) is 8.54. The van der Waals surface area contributed by atoms with Crippen LogP contribution in [0, 0.1) is 24.4 Å². The molecule has 54 heavy (non-hydrogen) atoms. The minimum absolute atomic E-state index is 0. The second kappa shape index (κ2) is 17.7. The SMILES string of the molecule is CC(C)(C)c1ccnc(-c2[c-]cccc2)c1.[B].[Ir].[Y].[c-]1ccc(-c2[c-]nc3c(ccc4ccccc43)c2)[c-]c1-c1nc2ccccc2n1-c1ccccc1. The van der Waals surface area contributed by atoms with Gasteiger partial charge in [-0.05, 0) is 75.3 Å². The van der Waals surface area contributed by atoms with Crippen LogP contribution in [0.2, 0.25) is 0 Å². The molecule has 0 bridgehead atoms. The van der Waals surface area contributed by atoms with Gasteiger partial charge >= 0.3 is 0 Å². The van der Waals surface area contributed by atoms with Crippen LogP contribution in [0.25, 0.3) is 72.2 Å². The van der Waals surface area contributed by atoms with Crippen molar-refractivity contribution in [3.05, 3.63) is 182 Å². The maximum absolute atomic E-state index is 4.95. The van der Waals surface area contributed by atoms with E-state index in [9.17, 15) is 0 Å². The molecule has 9 rings (SSSR count). The van der Waals surface area contributed by atoms with Gasteiger partial charge in [-0.2, -0.15) is 5.56 Å². The normalized spacial score (nSPS) is 10.8. The smallest absolute Gasteiger partial charge is 0.0668 e. The molecule has 3 heterocycles. The Kier molecular flexibility index (Phi) is 13.3. The Bertz CT molecular complexity index is 2640. The Balaban J connectivity index is 0.000000252. The topological polar surface area (TPSA) is 43.6 Å². The van der Waals surface area contributed by atoms with E-state index in [4.69, 9.17) is 9.97 Å². The summed E-state index contributed by atoms with van der Waals surface area (Å²) < 4.78 is 2.16. The van der Waals surface area contributed by atoms with Gasteiger partial charge in [0.25, 0.3) is 0 Å². The Morgan fingerprint density at radius 2 is 1.39 bits per heavy atom. The summed E-state index contributed by atoms with van der Waals surface area (Å²) in [5.74, 6) is 0.805. The molecule has 3 aromatic heterocycles. The fraction of sp³-hybridized carbons (Fsp3) is 0.0851. The zero-order valence-electron chi connectivity index (χ0n) is 30.2. The first kappa shape index (κ1) is 40.6. The Hall–Kier alpha value is -4.57. The number of aromatic nitrogens is 4. The summed E-state index contributed by atoms with van der Waals surface area (Å²) in [5, 5.41) is 3.39. The molecule has 0 aliphatic heterocycles. The maximum Gasteiger partial charge on any atom is 0.0668 e. The molecule has 7 heteroatoms. The Labute approximate surface area is 357 Å². The molecule has 0 amide bonds. The van der Waals surface area contributed by atoms with Crippen molar-refractivity contribution in [1.82, 2.24) is 19.5 Å². The number of hydrogen-bond acceptors (Lipinski definition) is 3. The third-order valence-electron chi connectivity index (χ3n) is 8.96. The summed E-state index contributed by atoms with van der Waals surface area (Å²) in [5.41, 5.74) is 10.1. The molecule has 0 saturated carbocycles. The first-order valence-corrected chi connectivity index (χ1v) is 17.0. The number of imidazole rings is 1. The number of hydrogen-bond donors (Lipinski definition) is 0. The molecule has 0 spiro atoms. The number of pyridine rings is 2. The van der Waals surface area contributed by atoms with Gasteiger partial charge in [-0.1, -0.05) is 99.0 Å². The molecule has 6 aromatic carbocycles. The minimum atomic E-state index is 0. The van der Waals surface area contributed by atoms with Crippen LogP contribution in [0.3, 0.4) is 0 Å². The zero-order chi connectivity index (χ0) is 34.8. The van der Waals surface area contributed by atoms with Crippen molar-refractivity contribution in [2.75, 3.05) is 0 Å². The Morgan fingerprint density at radius 3 is 2.19 bits per heavy atom. The average molecular weight is 947 g/mol. The second-order valence-electron chi connectivity index (χ2n) is 13.4. The van der Waals surface area contributed by atoms with E-state index < -0.39 is 0 Å². The molecule has 0 aliphatic carbocycles. The molecule has 5 radical (unpaired) electrons. The van der Waals surface area contributed by atoms with E-state index in [1.165, 1.54) is 10.9 Å². The summed E-state index contributed by atoms with van der Waals surface area (Å²) in [6, 6.07) is 59.3. The van der Waals surface area contributed by atoms with E-state index >= 15 is 0 Å². The van der Waals surface area contributed by atoms with Crippen molar-refractivity contribution in [2.45, 2.75) is 26.2 Å². The molecular weight excluding hydrogens is 912 g/mol. The van der Waals surface area contributed by atoms with Crippen molar-refractivity contribution >= 4 is 41.1 Å². The van der Waals surface area contributed by atoms with Crippen molar-refractivity contribution in [1.29, 1.82) is 0 Å². The van der Waals surface area contributed by atoms with Gasteiger partial charge in [0.05, 0.1) is 11.0 Å². The molecule has 9 aromatic rings. The molecule has 0 atom stereocenters. The molecular formula is C47H34BIrN4Y-4. The van der Waals surface area contributed by atoms with Gasteiger partial charge in [-0.25, -0.2) is 6.07 Å². The van der Waals surface area contributed by atoms with Crippen molar-refractivity contribution < 1.29 is 52.8 Å². The van der Waals surface area contributed by atoms with Crippen LogP contribution < -0.4 is 0 Å². The van der Waals surface area contributed by atoms with E-state index in [-0.39, 0.29) is 66.6 Å². The molecule has 0 aliphatic rings. The largest absolute Gasteiger partial charge is 0.374 e. The first-order valence-electron chi connectivity index (χ1n) is 17.0. The molecule has 261 valence electrons. The molecule has 0 saturated heterocycles. The molecule has 4 nitrogen and oxygen atoms in total. The molecule has 0 N–H and O–H groups in total. The van der Waals surface area contributed by atoms with E-state index in [1.54, 1.807) is 0 Å². The summed E-state index contributed by atoms with van der Waals surface area (Å²) in [6.07, 6.45) is 5.12. The van der Waals surface area contributed by atoms with Gasteiger partial charge in [-0.3, -0.25) is 23.3 Å². The minimum Gasteiger partial charge on any atom is -0.374 e. The van der Waals surface area contributed by atoms with Gasteiger partial charge in [0.15, 0.2) is 0 Å². The van der Waals surface area contributed by atoms with Crippen LogP contribution in [0.1, 0.15) is 26.3 Å². The van der Waals surface area contributed by atoms with E-state index in [2.05, 4.69) is 115 Å². The number of benzene rings is 6. The summed E-state index contributed by atoms with van der Waals surface area (Å²) in [7, 11) is 0. The van der Waals surface area contributed by atoms with Crippen LogP contribution in [-0.2, 0) is 58.2 Å². The van der Waals surface area contributed by atoms with E-state index in [0.29, 0.717) is 0 Å². The van der Waals surface area contributed by atoms with E-state index in [1.807, 2.05) is 91.1 Å². The first-order chi connectivity index (χ1) is 24.9. The standard InChI is InChI=1S/C32H18N3.C15H16N.B.Ir.Y/c1-2-12-27(13-3-1)35-30-16-7-6-15-29(30)34-32(35)25-11-8-10-23(19-25)26-20-24-18-17-22-9-4-5-14-28(22)31(24)33-21-26;1-15(2,3)13-9-10-16-14(11-13)12-7-5-4-6-8-12;;;/h1-10,12-18,20H;4-7,9-11H,1-3H3;;;/q-3;-1;;;. The number of rotatable bonds is 4. The quantitative estimate of drug-likeness (QED) is 0.100. The van der Waals surface area contributed by atoms with Crippen LogP contribution in [-0.4, -0.2) is 27.9 Å². The number of para-hydroxylation sites is 3. The van der Waals surface area contributed by atoms with Gasteiger partial charge in [-0.15, -0.1) is 42.0 Å². The monoisotopic (exact) mass is 947 g/mol. The summed E-state index contributed by atoms with van der Waals surface area (Å²) in [6.45, 7) is 6.63. The Morgan fingerprint density at radius 1 is 0.648 bits per heavy atom. The van der Waals surface area contributed by atoms with Crippen LogP contribution in [0.15, 0.2) is 152 Å². The fourth-order valence-electron chi connectivity index (χ4n) is 6.28. The summed E-state index contributed by atoms with van der Waals surface area (Å²) >= 11 is 0. The van der Waals surface area contributed by atoms with Gasteiger partial charge in [0.1, 0.15) is 0 Å². The molecule has 0 fully saturated rings. The number of nitrogens with zero attached hydrogens (tertiary/aromatic N) is 4. The second-order valence-corrected chi connectivity index (χ2v) is 13.4. The third-order valence-corrected chi connectivity index (χ3v) is 8.96. The van der Waals surface area contributed by atoms with Crippen molar-refractivity contribution in [3.63, 3.8) is 0 Å². The van der Waals surface area contributed by atoms with Gasteiger partial charge < -0.3 is 25.6 Å². The zero-order valence-corrected chi connectivity index (χ0v) is 35.4. The van der Waals surface area contributed by atoms with Gasteiger partial charge in [0.2, 0.25) is 0 Å². The average Bonchev–Trinajstić information content (AvgIpc) is 3.58.